The van der Waals surface area contributed by atoms with E-state index in [0.717, 1.165) is 62.3 Å². The highest BCUT2D eigenvalue weighted by molar-refractivity contribution is 6.32. The molecular formula is C104H117Cl2F5N18O18. The molecule has 5 atom stereocenters. The molecule has 0 radical (unpaired) electrons. The first kappa shape index (κ1) is 116. The Morgan fingerprint density at radius 2 is 0.789 bits per heavy atom. The van der Waals surface area contributed by atoms with Crippen molar-refractivity contribution >= 4 is 83.0 Å². The van der Waals surface area contributed by atoms with Crippen LogP contribution in [0, 0.1) is 29.1 Å². The maximum atomic E-state index is 13.5. The molecule has 0 saturated carbocycles. The molecule has 5 aromatic heterocycles. The highest BCUT2D eigenvalue weighted by atomic mass is 35.5. The maximum absolute atomic E-state index is 13.5. The number of nitrogens with one attached hydrogen (secondary N) is 8. The van der Waals surface area contributed by atoms with Gasteiger partial charge in [0.25, 0.3) is 5.91 Å². The van der Waals surface area contributed by atoms with Crippen LogP contribution in [-0.4, -0.2) is 201 Å². The van der Waals surface area contributed by atoms with Gasteiger partial charge in [-0.2, -0.15) is 34.3 Å². The van der Waals surface area contributed by atoms with Crippen LogP contribution in [0.4, 0.5) is 36.3 Å². The highest BCUT2D eigenvalue weighted by Gasteiger charge is 2.35. The van der Waals surface area contributed by atoms with E-state index in [1.54, 1.807) is 147 Å². The van der Waals surface area contributed by atoms with Crippen molar-refractivity contribution in [1.82, 2.24) is 86.5 Å². The zero-order valence-corrected chi connectivity index (χ0v) is 84.9. The highest BCUT2D eigenvalue weighted by Crippen LogP contribution is 2.33. The number of halogens is 7. The van der Waals surface area contributed by atoms with Crippen LogP contribution in [0.25, 0.3) is 55.8 Å². The molecule has 0 unspecified atom stereocenters. The van der Waals surface area contributed by atoms with Crippen LogP contribution < -0.4 is 57.2 Å². The smallest absolute Gasteiger partial charge is 0.408 e. The Morgan fingerprint density at radius 3 is 1.12 bits per heavy atom. The number of ether oxygens (including phenoxy) is 7. The number of aromatic nitrogens is 10. The molecular weight excluding hydrogens is 1960 g/mol. The second kappa shape index (κ2) is 55.5. The molecule has 780 valence electrons. The molecule has 7 amide bonds. The molecule has 147 heavy (non-hydrogen) atoms. The average Bonchev–Trinajstić information content (AvgIpc) is 1.72. The third-order valence-electron chi connectivity index (χ3n) is 19.6. The van der Waals surface area contributed by atoms with Crippen LogP contribution in [0.2, 0.25) is 10.0 Å². The number of carbonyl (C=O) groups excluding carboxylic acids is 9. The molecule has 43 heteroatoms. The van der Waals surface area contributed by atoms with Gasteiger partial charge in [0, 0.05) is 79.9 Å². The molecule has 8 aromatic carbocycles. The van der Waals surface area contributed by atoms with E-state index in [4.69, 9.17) is 52.6 Å². The summed E-state index contributed by atoms with van der Waals surface area (Å²) in [5.41, 5.74) is 14.0. The van der Waals surface area contributed by atoms with E-state index >= 15 is 0 Å². The third kappa shape index (κ3) is 38.4. The number of nitrogens with two attached hydrogens (primary N) is 1. The summed E-state index contributed by atoms with van der Waals surface area (Å²) < 4.78 is 108. The van der Waals surface area contributed by atoms with E-state index in [-0.39, 0.29) is 72.5 Å². The molecule has 11 N–H and O–H groups in total. The van der Waals surface area contributed by atoms with Crippen LogP contribution in [0.1, 0.15) is 111 Å². The molecule has 36 nitrogen and oxygen atoms in total. The van der Waals surface area contributed by atoms with Gasteiger partial charge in [-0.1, -0.05) is 175 Å². The fraction of sp³-hybridized carbons (Fsp3) is 0.298. The van der Waals surface area contributed by atoms with E-state index in [0.29, 0.717) is 22.9 Å². The quantitative estimate of drug-likeness (QED) is 0.00544. The molecule has 1 aliphatic heterocycles. The number of cyclic esters (lactones) is 1. The van der Waals surface area contributed by atoms with E-state index < -0.39 is 124 Å². The number of carboxylic acids is 1. The molecule has 14 rings (SSSR count). The number of likely N-dealkylation sites (N-methyl/N-ethyl adjacent to an activating group) is 3. The van der Waals surface area contributed by atoms with E-state index in [9.17, 15) is 75.0 Å². The van der Waals surface area contributed by atoms with Crippen molar-refractivity contribution in [3.8, 4) is 73.0 Å². The lowest BCUT2D eigenvalue weighted by molar-refractivity contribution is -0.162. The number of benzene rings is 8. The molecule has 0 spiro atoms. The van der Waals surface area contributed by atoms with E-state index in [1.165, 1.54) is 36.5 Å². The Morgan fingerprint density at radius 1 is 0.449 bits per heavy atom. The van der Waals surface area contributed by atoms with Gasteiger partial charge in [-0.05, 0) is 160 Å². The minimum atomic E-state index is -2.35. The number of H-pyrrole nitrogens is 1. The number of alkyl carbamates (subject to hydrolysis) is 3. The van der Waals surface area contributed by atoms with Gasteiger partial charge in [0.15, 0.2) is 6.04 Å². The summed E-state index contributed by atoms with van der Waals surface area (Å²) in [6, 6.07) is 55.7. The average molecular weight is 2070 g/mol. The van der Waals surface area contributed by atoms with Gasteiger partial charge >= 0.3 is 36.2 Å². The monoisotopic (exact) mass is 2070 g/mol. The van der Waals surface area contributed by atoms with Crippen molar-refractivity contribution in [1.29, 1.82) is 0 Å². The first-order valence-electron chi connectivity index (χ1n) is 45.7. The summed E-state index contributed by atoms with van der Waals surface area (Å²) in [5.74, 6) is -16.4. The number of hydrogen-bond acceptors (Lipinski definition) is 23. The fourth-order valence-corrected chi connectivity index (χ4v) is 13.1. The summed E-state index contributed by atoms with van der Waals surface area (Å²) >= 11 is 12.1. The van der Waals surface area contributed by atoms with Crippen LogP contribution >= 0.6 is 23.2 Å². The predicted octanol–water partition coefficient (Wildman–Crippen LogP) is 16.4. The Labute approximate surface area is 855 Å². The summed E-state index contributed by atoms with van der Waals surface area (Å²) in [5, 5.41) is 51.1. The SMILES string of the molecule is CC(C)(C)OC(=O)N[C@@H](Cn1cc(-c2ccccc2)cn1)C(=O)O.CC(C)(C)OC(=O)N[C@H]1COC1=O.CC(C)Oc1ccc(C(=O)Oc2c(F)c(F)c(F)c(F)c2F)cc1Cl.CNC(=O)[C@@H](N)Cn1cc(-c2ccccc2)cn1.CNC(=O)[C@H](Cn1cc(-c2ccccc2)cn1)NC(=O)OC(C)(C)C.CNC(=O)[C@H](Cn1cc(-c2ccccc2)cn1)NC(=O)c1ccc(OC(C)C)c(Cl)c1.c1ccc(-c2ccn[nH]2)cc1. The standard InChI is InChI=1S/C23H25ClN4O3.C18H24N4O3.C17H21N3O4.C16H10ClF5O3.C13H16N4O.C9H8N2.C8H13NO4/c1-15(2)31-21-10-9-17(11-19(21)24)22(29)27-20(23(30)25-3)14-28-13-18(12-26-28)16-7-5-4-6-8-16;1-18(2,3)25-17(24)21-15(16(23)19-4)12-22-11-14(10-20-22)13-8-6-5-7-9-13;1-17(2,3)24-16(23)19-14(15(21)22)11-20-10-13(9-18-20)12-7-5-4-6-8-12;1-6(2)24-9-4-3-7(5-8(9)17)16(23)25-15-13(21)11(19)10(18)12(20)14(15)22;1-15-13(18)12(14)9-17-8-11(7-16-17)10-5-3-2-4-6-10;1-2-4-8(5-3-1)9-6-7-10-11-9;1-8(2,3)13-7(11)9-5-4-12-6(5)10/h4-13,15,20H,14H2,1-3H3,(H,25,30)(H,27,29);5-11,15H,12H2,1-4H3,(H,19,23)(H,21,24);4-10,14H,11H2,1-3H3,(H,19,23)(H,21,22);3-6H,1-2H3;2-8,12H,9,14H2,1H3,(H,15,18);1-7H,(H,10,11);5H,4H2,1-3H3,(H,9,11)/t20-;15-;14-;;12-;;5-/m000.0.0/s1. The Bertz CT molecular complexity index is 6480. The summed E-state index contributed by atoms with van der Waals surface area (Å²) in [6.45, 7) is 23.9. The predicted molar refractivity (Wildman–Crippen MR) is 540 cm³/mol. The number of aromatic amines is 1. The van der Waals surface area contributed by atoms with Gasteiger partial charge < -0.3 is 81.2 Å². The van der Waals surface area contributed by atoms with Crippen molar-refractivity contribution in [3.05, 3.63) is 300 Å². The normalized spacial score (nSPS) is 12.6. The molecule has 1 saturated heterocycles. The topological polar surface area (TPSA) is 466 Å². The number of rotatable bonds is 28. The molecule has 13 aromatic rings. The summed E-state index contributed by atoms with van der Waals surface area (Å²) in [7, 11) is 4.61. The van der Waals surface area contributed by atoms with Crippen molar-refractivity contribution in [3.63, 3.8) is 0 Å². The maximum Gasteiger partial charge on any atom is 0.408 e. The second-order valence-corrected chi connectivity index (χ2v) is 36.4. The largest absolute Gasteiger partial charge is 0.489 e. The number of esters is 2. The van der Waals surface area contributed by atoms with Gasteiger partial charge in [-0.25, -0.2) is 41.9 Å². The number of aliphatic carboxylic acids is 1. The molecule has 0 aliphatic carbocycles. The lowest BCUT2D eigenvalue weighted by atomic mass is 10.1. The van der Waals surface area contributed by atoms with Crippen molar-refractivity contribution in [2.75, 3.05) is 27.7 Å². The van der Waals surface area contributed by atoms with Gasteiger partial charge in [-0.15, -0.1) is 0 Å². The molecule has 6 heterocycles. The molecule has 0 bridgehead atoms. The fourth-order valence-electron chi connectivity index (χ4n) is 12.7. The number of nitrogens with zero attached hydrogens (tertiary/aromatic N) is 9. The lowest BCUT2D eigenvalue weighted by Gasteiger charge is -2.27. The van der Waals surface area contributed by atoms with Crippen molar-refractivity contribution in [2.24, 2.45) is 5.73 Å². The van der Waals surface area contributed by atoms with Crippen LogP contribution in [0.15, 0.2) is 250 Å². The van der Waals surface area contributed by atoms with Crippen molar-refractivity contribution in [2.45, 2.75) is 175 Å². The summed E-state index contributed by atoms with van der Waals surface area (Å²) in [6.07, 6.45) is 13.7. The minimum absolute atomic E-state index is 0.000520. The van der Waals surface area contributed by atoms with Crippen LogP contribution in [0.3, 0.4) is 0 Å². The van der Waals surface area contributed by atoms with Crippen molar-refractivity contribution < 1.29 is 108 Å². The first-order chi connectivity index (χ1) is 69.6. The van der Waals surface area contributed by atoms with Gasteiger partial charge in [0.1, 0.15) is 59.1 Å². The molecule has 1 aliphatic rings. The Kier molecular flexibility index (Phi) is 43.8. The van der Waals surface area contributed by atoms with Gasteiger partial charge in [0.2, 0.25) is 52.6 Å². The summed E-state index contributed by atoms with van der Waals surface area (Å²) in [4.78, 5) is 117. The van der Waals surface area contributed by atoms with Crippen LogP contribution in [-0.2, 0) is 69.1 Å². The number of carbonyl (C=O) groups is 10. The van der Waals surface area contributed by atoms with Gasteiger partial charge in [0.05, 0.1) is 84.5 Å². The number of amides is 7. The van der Waals surface area contributed by atoms with E-state index in [1.807, 2.05) is 190 Å². The second-order valence-electron chi connectivity index (χ2n) is 35.6. The number of carboxylic acid groups (broad SMARTS) is 1. The Hall–Kier alpha value is -16.3. The lowest BCUT2D eigenvalue weighted by Crippen LogP contribution is -2.53. The third-order valence-corrected chi connectivity index (χ3v) is 20.1. The minimum Gasteiger partial charge on any atom is -0.489 e. The first-order valence-corrected chi connectivity index (χ1v) is 46.5. The van der Waals surface area contributed by atoms with Gasteiger partial charge in [-0.3, -0.25) is 43.0 Å². The molecule has 1 fully saturated rings. The zero-order chi connectivity index (χ0) is 108. The van der Waals surface area contributed by atoms with E-state index in [2.05, 4.69) is 77.3 Å². The zero-order valence-electron chi connectivity index (χ0n) is 83.4. The number of hydrogen-bond donors (Lipinski definition) is 10. The Balaban J connectivity index is 0.000000213. The van der Waals surface area contributed by atoms with Crippen LogP contribution in [0.5, 0.6) is 17.2 Å².